The number of rotatable bonds is 8. The zero-order valence-corrected chi connectivity index (χ0v) is 15.3. The van der Waals surface area contributed by atoms with Crippen LogP contribution in [0.2, 0.25) is 0 Å². The van der Waals surface area contributed by atoms with Gasteiger partial charge in [-0.25, -0.2) is 0 Å². The highest BCUT2D eigenvalue weighted by molar-refractivity contribution is 8.01. The first-order valence-corrected chi connectivity index (χ1v) is 9.64. The lowest BCUT2D eigenvalue weighted by atomic mass is 10.1. The van der Waals surface area contributed by atoms with Crippen molar-refractivity contribution in [3.8, 4) is 0 Å². The molecule has 0 radical (unpaired) electrons. The van der Waals surface area contributed by atoms with E-state index in [-0.39, 0.29) is 5.91 Å². The van der Waals surface area contributed by atoms with Crippen LogP contribution >= 0.6 is 23.1 Å². The average Bonchev–Trinajstić information content (AvgIpc) is 3.30. The SMILES string of the molecule is CCc1ccc(NC(=O)CSc2nnc(NCc3ccco3)s2)cc1. The molecule has 0 saturated carbocycles. The van der Waals surface area contributed by atoms with Gasteiger partial charge in [0.15, 0.2) is 4.34 Å². The van der Waals surface area contributed by atoms with E-state index in [9.17, 15) is 4.79 Å². The topological polar surface area (TPSA) is 80.0 Å². The number of hydrogen-bond acceptors (Lipinski definition) is 7. The summed E-state index contributed by atoms with van der Waals surface area (Å²) >= 11 is 2.78. The summed E-state index contributed by atoms with van der Waals surface area (Å²) in [6, 6.07) is 11.6. The van der Waals surface area contributed by atoms with Gasteiger partial charge in [0.25, 0.3) is 0 Å². The molecule has 3 rings (SSSR count). The van der Waals surface area contributed by atoms with Crippen LogP contribution in [0, 0.1) is 0 Å². The molecule has 1 amide bonds. The summed E-state index contributed by atoms with van der Waals surface area (Å²) in [6.45, 7) is 2.66. The third kappa shape index (κ3) is 5.33. The van der Waals surface area contributed by atoms with Gasteiger partial charge in [0.1, 0.15) is 5.76 Å². The van der Waals surface area contributed by atoms with Crippen LogP contribution in [-0.2, 0) is 17.8 Å². The predicted molar refractivity (Wildman–Crippen MR) is 101 cm³/mol. The lowest BCUT2D eigenvalue weighted by Gasteiger charge is -2.05. The van der Waals surface area contributed by atoms with Crippen LogP contribution in [0.15, 0.2) is 51.4 Å². The quantitative estimate of drug-likeness (QED) is 0.579. The van der Waals surface area contributed by atoms with Gasteiger partial charge in [-0.05, 0) is 36.2 Å². The Morgan fingerprint density at radius 2 is 2.08 bits per heavy atom. The van der Waals surface area contributed by atoms with Gasteiger partial charge >= 0.3 is 0 Å². The van der Waals surface area contributed by atoms with E-state index in [1.54, 1.807) is 6.26 Å². The second-order valence-corrected chi connectivity index (χ2v) is 7.39. The van der Waals surface area contributed by atoms with Crippen LogP contribution in [0.4, 0.5) is 10.8 Å². The van der Waals surface area contributed by atoms with Gasteiger partial charge in [-0.1, -0.05) is 42.2 Å². The molecule has 8 heteroatoms. The van der Waals surface area contributed by atoms with Crippen molar-refractivity contribution in [2.24, 2.45) is 0 Å². The molecule has 3 aromatic rings. The molecule has 2 aromatic heterocycles. The standard InChI is InChI=1S/C17H18N4O2S2/c1-2-12-5-7-13(8-6-12)19-15(22)11-24-17-21-20-16(25-17)18-10-14-4-3-9-23-14/h3-9H,2,10-11H2,1H3,(H,18,20)(H,19,22). The number of benzene rings is 1. The average molecular weight is 374 g/mol. The third-order valence-electron chi connectivity index (χ3n) is 3.37. The number of anilines is 2. The minimum absolute atomic E-state index is 0.0606. The van der Waals surface area contributed by atoms with E-state index in [2.05, 4.69) is 27.8 Å². The third-order valence-corrected chi connectivity index (χ3v) is 5.39. The number of nitrogens with zero attached hydrogens (tertiary/aromatic N) is 2. The monoisotopic (exact) mass is 374 g/mol. The van der Waals surface area contributed by atoms with Crippen LogP contribution in [0.3, 0.4) is 0 Å². The molecule has 0 aliphatic rings. The molecule has 0 saturated heterocycles. The van der Waals surface area contributed by atoms with Crippen LogP contribution in [0.25, 0.3) is 0 Å². The number of aryl methyl sites for hydroxylation is 1. The van der Waals surface area contributed by atoms with E-state index in [0.29, 0.717) is 17.4 Å². The molecule has 0 spiro atoms. The molecule has 1 aromatic carbocycles. The van der Waals surface area contributed by atoms with Crippen molar-refractivity contribution in [1.29, 1.82) is 0 Å². The number of amides is 1. The summed E-state index contributed by atoms with van der Waals surface area (Å²) in [5.74, 6) is 1.06. The van der Waals surface area contributed by atoms with Gasteiger partial charge < -0.3 is 15.1 Å². The van der Waals surface area contributed by atoms with Crippen LogP contribution < -0.4 is 10.6 Å². The molecule has 0 fully saturated rings. The summed E-state index contributed by atoms with van der Waals surface area (Å²) in [5, 5.41) is 14.9. The van der Waals surface area contributed by atoms with E-state index in [1.165, 1.54) is 28.7 Å². The van der Waals surface area contributed by atoms with Gasteiger partial charge in [0.2, 0.25) is 11.0 Å². The van der Waals surface area contributed by atoms with Crippen LogP contribution in [0.1, 0.15) is 18.2 Å². The Bertz CT molecular complexity index is 800. The summed E-state index contributed by atoms with van der Waals surface area (Å²) in [6.07, 6.45) is 2.62. The summed E-state index contributed by atoms with van der Waals surface area (Å²) in [4.78, 5) is 12.0. The first kappa shape index (κ1) is 17.5. The maximum absolute atomic E-state index is 12.0. The largest absolute Gasteiger partial charge is 0.467 e. The zero-order valence-electron chi connectivity index (χ0n) is 13.7. The number of hydrogen-bond donors (Lipinski definition) is 2. The van der Waals surface area contributed by atoms with E-state index >= 15 is 0 Å². The maximum atomic E-state index is 12.0. The minimum Gasteiger partial charge on any atom is -0.467 e. The molecule has 130 valence electrons. The van der Waals surface area contributed by atoms with Crippen molar-refractivity contribution in [1.82, 2.24) is 10.2 Å². The Hall–Kier alpha value is -2.32. The molecule has 0 aliphatic carbocycles. The number of furan rings is 1. The van der Waals surface area contributed by atoms with Crippen LogP contribution in [-0.4, -0.2) is 21.9 Å². The second-order valence-electron chi connectivity index (χ2n) is 5.19. The summed E-state index contributed by atoms with van der Waals surface area (Å²) < 4.78 is 6.00. The molecular formula is C17H18N4O2S2. The Morgan fingerprint density at radius 1 is 1.24 bits per heavy atom. The van der Waals surface area contributed by atoms with Gasteiger partial charge in [-0.15, -0.1) is 10.2 Å². The fourth-order valence-electron chi connectivity index (χ4n) is 2.06. The Labute approximate surface area is 154 Å². The Kier molecular flexibility index (Phi) is 6.08. The molecule has 6 nitrogen and oxygen atoms in total. The fraction of sp³-hybridized carbons (Fsp3) is 0.235. The van der Waals surface area contributed by atoms with Crippen molar-refractivity contribution in [3.63, 3.8) is 0 Å². The first-order chi connectivity index (χ1) is 12.2. The Morgan fingerprint density at radius 3 is 2.80 bits per heavy atom. The van der Waals surface area contributed by atoms with Crippen LogP contribution in [0.5, 0.6) is 0 Å². The van der Waals surface area contributed by atoms with E-state index < -0.39 is 0 Å². The fourth-order valence-corrected chi connectivity index (χ4v) is 3.61. The van der Waals surface area contributed by atoms with Gasteiger partial charge in [-0.2, -0.15) is 0 Å². The molecule has 25 heavy (non-hydrogen) atoms. The number of carbonyl (C=O) groups excluding carboxylic acids is 1. The smallest absolute Gasteiger partial charge is 0.234 e. The second kappa shape index (κ2) is 8.68. The molecule has 0 bridgehead atoms. The van der Waals surface area contributed by atoms with Gasteiger partial charge in [-0.3, -0.25) is 4.79 Å². The normalized spacial score (nSPS) is 10.6. The van der Waals surface area contributed by atoms with Crippen molar-refractivity contribution in [2.45, 2.75) is 24.2 Å². The van der Waals surface area contributed by atoms with Crippen molar-refractivity contribution >= 4 is 39.8 Å². The number of aromatic nitrogens is 2. The van der Waals surface area contributed by atoms with Crippen molar-refractivity contribution in [2.75, 3.05) is 16.4 Å². The summed E-state index contributed by atoms with van der Waals surface area (Å²) in [7, 11) is 0. The Balaban J connectivity index is 1.43. The number of thioether (sulfide) groups is 1. The highest BCUT2D eigenvalue weighted by Gasteiger charge is 2.09. The minimum atomic E-state index is -0.0606. The highest BCUT2D eigenvalue weighted by Crippen LogP contribution is 2.26. The number of nitrogens with one attached hydrogen (secondary N) is 2. The first-order valence-electron chi connectivity index (χ1n) is 7.84. The number of carbonyl (C=O) groups is 1. The van der Waals surface area contributed by atoms with E-state index in [1.807, 2.05) is 36.4 Å². The molecule has 0 aliphatic heterocycles. The van der Waals surface area contributed by atoms with Crippen molar-refractivity contribution < 1.29 is 9.21 Å². The maximum Gasteiger partial charge on any atom is 0.234 e. The van der Waals surface area contributed by atoms with E-state index in [0.717, 1.165) is 22.2 Å². The van der Waals surface area contributed by atoms with Gasteiger partial charge in [0, 0.05) is 5.69 Å². The molecular weight excluding hydrogens is 356 g/mol. The lowest BCUT2D eigenvalue weighted by Crippen LogP contribution is -2.13. The molecule has 2 N–H and O–H groups in total. The summed E-state index contributed by atoms with van der Waals surface area (Å²) in [5.41, 5.74) is 2.05. The predicted octanol–water partition coefficient (Wildman–Crippen LogP) is 4.04. The molecule has 0 atom stereocenters. The zero-order chi connectivity index (χ0) is 17.5. The van der Waals surface area contributed by atoms with E-state index in [4.69, 9.17) is 4.42 Å². The van der Waals surface area contributed by atoms with Crippen molar-refractivity contribution in [3.05, 3.63) is 54.0 Å². The highest BCUT2D eigenvalue weighted by atomic mass is 32.2. The molecule has 2 heterocycles. The molecule has 0 unspecified atom stereocenters. The van der Waals surface area contributed by atoms with Gasteiger partial charge in [0.05, 0.1) is 18.6 Å². The lowest BCUT2D eigenvalue weighted by molar-refractivity contribution is -0.113.